The first-order valence-electron chi connectivity index (χ1n) is 4.71. The highest BCUT2D eigenvalue weighted by atomic mass is 35.5. The van der Waals surface area contributed by atoms with E-state index in [1.807, 2.05) is 11.6 Å². The van der Waals surface area contributed by atoms with Gasteiger partial charge in [-0.05, 0) is 19.4 Å². The lowest BCUT2D eigenvalue weighted by atomic mass is 10.1. The van der Waals surface area contributed by atoms with Gasteiger partial charge in [0.25, 0.3) is 0 Å². The van der Waals surface area contributed by atoms with Crippen LogP contribution in [-0.4, -0.2) is 31.2 Å². The fourth-order valence-corrected chi connectivity index (χ4v) is 2.39. The van der Waals surface area contributed by atoms with Gasteiger partial charge in [0.1, 0.15) is 0 Å². The van der Waals surface area contributed by atoms with E-state index in [1.54, 1.807) is 11.3 Å². The molecule has 1 saturated heterocycles. The summed E-state index contributed by atoms with van der Waals surface area (Å²) in [6, 6.07) is 0.625. The quantitative estimate of drug-likeness (QED) is 0.844. The molecule has 5 heteroatoms. The molecule has 0 bridgehead atoms. The number of piperidine rings is 1. The molecule has 1 aromatic heterocycles. The van der Waals surface area contributed by atoms with E-state index in [-0.39, 0.29) is 12.4 Å². The molecule has 80 valence electrons. The van der Waals surface area contributed by atoms with Crippen LogP contribution >= 0.6 is 23.7 Å². The Hall–Kier alpha value is -0.320. The molecular weight excluding hydrogens is 218 g/mol. The SMILES string of the molecule is CN(c1nccs1)[C@@H]1CCCNC1.Cl. The van der Waals surface area contributed by atoms with E-state index in [0.29, 0.717) is 6.04 Å². The molecule has 1 aliphatic heterocycles. The van der Waals surface area contributed by atoms with Gasteiger partial charge in [0.2, 0.25) is 0 Å². The highest BCUT2D eigenvalue weighted by Crippen LogP contribution is 2.20. The summed E-state index contributed by atoms with van der Waals surface area (Å²) in [5, 5.41) is 6.58. The number of halogens is 1. The lowest BCUT2D eigenvalue weighted by Gasteiger charge is -2.31. The first-order chi connectivity index (χ1) is 6.38. The van der Waals surface area contributed by atoms with Crippen molar-refractivity contribution in [1.29, 1.82) is 0 Å². The maximum Gasteiger partial charge on any atom is 0.185 e. The van der Waals surface area contributed by atoms with Gasteiger partial charge < -0.3 is 10.2 Å². The van der Waals surface area contributed by atoms with E-state index < -0.39 is 0 Å². The van der Waals surface area contributed by atoms with E-state index in [2.05, 4.69) is 22.2 Å². The molecule has 2 heterocycles. The van der Waals surface area contributed by atoms with E-state index in [4.69, 9.17) is 0 Å². The predicted molar refractivity (Wildman–Crippen MR) is 63.7 cm³/mol. The van der Waals surface area contributed by atoms with Crippen molar-refractivity contribution >= 4 is 28.9 Å². The number of likely N-dealkylation sites (N-methyl/N-ethyl adjacent to an activating group) is 1. The summed E-state index contributed by atoms with van der Waals surface area (Å²) in [7, 11) is 2.14. The molecule has 0 amide bonds. The van der Waals surface area contributed by atoms with Crippen LogP contribution in [0.15, 0.2) is 11.6 Å². The van der Waals surface area contributed by atoms with E-state index in [1.165, 1.54) is 19.4 Å². The van der Waals surface area contributed by atoms with Crippen molar-refractivity contribution in [3.05, 3.63) is 11.6 Å². The number of nitrogens with zero attached hydrogens (tertiary/aromatic N) is 2. The summed E-state index contributed by atoms with van der Waals surface area (Å²) in [5.41, 5.74) is 0. The molecule has 1 aromatic rings. The zero-order valence-electron chi connectivity index (χ0n) is 8.27. The van der Waals surface area contributed by atoms with Crippen molar-refractivity contribution < 1.29 is 0 Å². The number of hydrogen-bond donors (Lipinski definition) is 1. The minimum Gasteiger partial charge on any atom is -0.347 e. The highest BCUT2D eigenvalue weighted by molar-refractivity contribution is 7.13. The Balaban J connectivity index is 0.000000980. The number of nitrogens with one attached hydrogen (secondary N) is 1. The summed E-state index contributed by atoms with van der Waals surface area (Å²) in [6.45, 7) is 2.26. The largest absolute Gasteiger partial charge is 0.347 e. The highest BCUT2D eigenvalue weighted by Gasteiger charge is 2.18. The fourth-order valence-electron chi connectivity index (χ4n) is 1.71. The normalized spacial score (nSPS) is 21.4. The lowest BCUT2D eigenvalue weighted by molar-refractivity contribution is 0.445. The molecule has 0 radical (unpaired) electrons. The fraction of sp³-hybridized carbons (Fsp3) is 0.667. The van der Waals surface area contributed by atoms with Gasteiger partial charge in [0, 0.05) is 31.2 Å². The van der Waals surface area contributed by atoms with Crippen molar-refractivity contribution in [3.8, 4) is 0 Å². The van der Waals surface area contributed by atoms with Crippen molar-refractivity contribution in [3.63, 3.8) is 0 Å². The number of anilines is 1. The summed E-state index contributed by atoms with van der Waals surface area (Å²) in [5.74, 6) is 0. The summed E-state index contributed by atoms with van der Waals surface area (Å²) < 4.78 is 0. The van der Waals surface area contributed by atoms with Crippen molar-refractivity contribution in [2.45, 2.75) is 18.9 Å². The van der Waals surface area contributed by atoms with Crippen LogP contribution < -0.4 is 10.2 Å². The molecule has 0 unspecified atom stereocenters. The van der Waals surface area contributed by atoms with Crippen molar-refractivity contribution in [2.24, 2.45) is 0 Å². The smallest absolute Gasteiger partial charge is 0.185 e. The Bertz CT molecular complexity index is 247. The third-order valence-electron chi connectivity index (χ3n) is 2.54. The van der Waals surface area contributed by atoms with Gasteiger partial charge in [-0.3, -0.25) is 0 Å². The Morgan fingerprint density at radius 3 is 3.07 bits per heavy atom. The molecule has 1 N–H and O–H groups in total. The van der Waals surface area contributed by atoms with Crippen LogP contribution in [0.3, 0.4) is 0 Å². The van der Waals surface area contributed by atoms with Crippen LogP contribution in [0.4, 0.5) is 5.13 Å². The Morgan fingerprint density at radius 2 is 2.50 bits per heavy atom. The van der Waals surface area contributed by atoms with Gasteiger partial charge >= 0.3 is 0 Å². The average molecular weight is 234 g/mol. The second kappa shape index (κ2) is 5.53. The van der Waals surface area contributed by atoms with Crippen LogP contribution in [0.2, 0.25) is 0 Å². The topological polar surface area (TPSA) is 28.2 Å². The van der Waals surface area contributed by atoms with Gasteiger partial charge in [0.05, 0.1) is 0 Å². The molecule has 0 spiro atoms. The number of hydrogen-bond acceptors (Lipinski definition) is 4. The molecule has 0 aromatic carbocycles. The molecule has 1 atom stereocenters. The summed E-state index contributed by atoms with van der Waals surface area (Å²) in [6.07, 6.45) is 4.43. The molecule has 1 aliphatic rings. The molecule has 0 saturated carbocycles. The van der Waals surface area contributed by atoms with Crippen molar-refractivity contribution in [2.75, 3.05) is 25.0 Å². The van der Waals surface area contributed by atoms with Crippen LogP contribution in [0.1, 0.15) is 12.8 Å². The minimum atomic E-state index is 0. The third-order valence-corrected chi connectivity index (χ3v) is 3.40. The van der Waals surface area contributed by atoms with Crippen LogP contribution in [0.5, 0.6) is 0 Å². The number of thiazole rings is 1. The maximum absolute atomic E-state index is 4.31. The van der Waals surface area contributed by atoms with Crippen LogP contribution in [-0.2, 0) is 0 Å². The molecule has 3 nitrogen and oxygen atoms in total. The third kappa shape index (κ3) is 2.59. The van der Waals surface area contributed by atoms with Gasteiger partial charge in [0.15, 0.2) is 5.13 Å². The summed E-state index contributed by atoms with van der Waals surface area (Å²) >= 11 is 1.71. The Kier molecular flexibility index (Phi) is 4.65. The van der Waals surface area contributed by atoms with E-state index in [0.717, 1.165) is 11.7 Å². The first-order valence-corrected chi connectivity index (χ1v) is 5.59. The monoisotopic (exact) mass is 233 g/mol. The Morgan fingerprint density at radius 1 is 1.64 bits per heavy atom. The van der Waals surface area contributed by atoms with Gasteiger partial charge in [-0.1, -0.05) is 0 Å². The summed E-state index contributed by atoms with van der Waals surface area (Å²) in [4.78, 5) is 6.60. The first kappa shape index (κ1) is 11.8. The zero-order chi connectivity index (χ0) is 9.10. The molecule has 0 aliphatic carbocycles. The van der Waals surface area contributed by atoms with Gasteiger partial charge in [-0.15, -0.1) is 23.7 Å². The van der Waals surface area contributed by atoms with E-state index >= 15 is 0 Å². The predicted octanol–water partition coefficient (Wildman–Crippen LogP) is 1.75. The van der Waals surface area contributed by atoms with Crippen molar-refractivity contribution in [1.82, 2.24) is 10.3 Å². The molecular formula is C9H16ClN3S. The lowest BCUT2D eigenvalue weighted by Crippen LogP contribution is -2.44. The van der Waals surface area contributed by atoms with Crippen LogP contribution in [0.25, 0.3) is 0 Å². The average Bonchev–Trinajstić information content (AvgIpc) is 2.71. The van der Waals surface area contributed by atoms with Gasteiger partial charge in [-0.25, -0.2) is 4.98 Å². The molecule has 2 rings (SSSR count). The van der Waals surface area contributed by atoms with Crippen LogP contribution in [0, 0.1) is 0 Å². The number of rotatable bonds is 2. The standard InChI is InChI=1S/C9H15N3S.ClH/c1-12(9-11-5-6-13-9)8-3-2-4-10-7-8;/h5-6,8,10H,2-4,7H2,1H3;1H/t8-;/m1./s1. The van der Waals surface area contributed by atoms with E-state index in [9.17, 15) is 0 Å². The Labute approximate surface area is 94.9 Å². The zero-order valence-corrected chi connectivity index (χ0v) is 9.90. The molecule has 1 fully saturated rings. The second-order valence-corrected chi connectivity index (χ2v) is 4.30. The molecule has 14 heavy (non-hydrogen) atoms. The minimum absolute atomic E-state index is 0. The second-order valence-electron chi connectivity index (χ2n) is 3.43. The van der Waals surface area contributed by atoms with Gasteiger partial charge in [-0.2, -0.15) is 0 Å². The number of aromatic nitrogens is 1. The maximum atomic E-state index is 4.31.